The van der Waals surface area contributed by atoms with Crippen molar-refractivity contribution in [1.82, 2.24) is 9.97 Å². The van der Waals surface area contributed by atoms with Crippen molar-refractivity contribution >= 4 is 34.4 Å². The molecule has 0 atom stereocenters. The minimum atomic E-state index is -0.389. The number of carbonyl (C=O) groups excluding carboxylic acids is 1. The van der Waals surface area contributed by atoms with Crippen molar-refractivity contribution in [2.75, 3.05) is 11.6 Å². The molecule has 4 nitrogen and oxygen atoms in total. The predicted octanol–water partition coefficient (Wildman–Crippen LogP) is 3.68. The molecule has 1 amide bonds. The quantitative estimate of drug-likeness (QED) is 0.726. The molecule has 106 valence electrons. The highest BCUT2D eigenvalue weighted by Crippen LogP contribution is 2.19. The number of hydrogen-bond donors (Lipinski definition) is 2. The van der Waals surface area contributed by atoms with Crippen molar-refractivity contribution in [3.8, 4) is 0 Å². The number of aromatic nitrogens is 2. The Hall–Kier alpha value is -2.34. The summed E-state index contributed by atoms with van der Waals surface area (Å²) in [5.41, 5.74) is 2.51. The maximum Gasteiger partial charge on any atom is 0.255 e. The lowest BCUT2D eigenvalue weighted by Gasteiger charge is -2.05. The number of aromatic amines is 1. The number of carbonyl (C=O) groups is 1. The lowest BCUT2D eigenvalue weighted by molar-refractivity contribution is 0.102. The van der Waals surface area contributed by atoms with Crippen LogP contribution in [0.4, 0.5) is 10.1 Å². The summed E-state index contributed by atoms with van der Waals surface area (Å²) in [6, 6.07) is 11.0. The average molecular weight is 301 g/mol. The Kier molecular flexibility index (Phi) is 3.62. The molecule has 6 heteroatoms. The summed E-state index contributed by atoms with van der Waals surface area (Å²) in [4.78, 5) is 19.7. The number of fused-ring (bicyclic) bond motifs is 1. The van der Waals surface area contributed by atoms with Gasteiger partial charge in [0, 0.05) is 11.3 Å². The summed E-state index contributed by atoms with van der Waals surface area (Å²) in [6.45, 7) is 0. The normalized spacial score (nSPS) is 10.8. The molecule has 1 heterocycles. The van der Waals surface area contributed by atoms with E-state index in [4.69, 9.17) is 0 Å². The highest BCUT2D eigenvalue weighted by molar-refractivity contribution is 7.98. The first-order chi connectivity index (χ1) is 10.2. The van der Waals surface area contributed by atoms with E-state index in [-0.39, 0.29) is 11.7 Å². The van der Waals surface area contributed by atoms with E-state index in [2.05, 4.69) is 15.3 Å². The number of hydrogen-bond acceptors (Lipinski definition) is 3. The molecule has 0 radical (unpaired) electrons. The maximum absolute atomic E-state index is 13.1. The third-order valence-corrected chi connectivity index (χ3v) is 3.58. The smallest absolute Gasteiger partial charge is 0.255 e. The molecule has 2 aromatic carbocycles. The highest BCUT2D eigenvalue weighted by atomic mass is 32.2. The summed E-state index contributed by atoms with van der Waals surface area (Å²) in [7, 11) is 0. The van der Waals surface area contributed by atoms with Gasteiger partial charge in [-0.1, -0.05) is 17.8 Å². The van der Waals surface area contributed by atoms with Crippen LogP contribution in [0.3, 0.4) is 0 Å². The SMILES string of the molecule is CSc1nc2cc(C(=O)Nc3cccc(F)c3)ccc2[nH]1. The Morgan fingerprint density at radius 3 is 2.90 bits per heavy atom. The first-order valence-corrected chi connectivity index (χ1v) is 7.49. The molecule has 1 aromatic heterocycles. The number of thioether (sulfide) groups is 1. The Morgan fingerprint density at radius 2 is 2.14 bits per heavy atom. The van der Waals surface area contributed by atoms with Crippen molar-refractivity contribution in [2.24, 2.45) is 0 Å². The molecule has 0 bridgehead atoms. The van der Waals surface area contributed by atoms with Crippen LogP contribution in [0, 0.1) is 5.82 Å². The van der Waals surface area contributed by atoms with E-state index < -0.39 is 0 Å². The zero-order chi connectivity index (χ0) is 14.8. The lowest BCUT2D eigenvalue weighted by atomic mass is 10.2. The minimum absolute atomic E-state index is 0.295. The monoisotopic (exact) mass is 301 g/mol. The first kappa shape index (κ1) is 13.6. The lowest BCUT2D eigenvalue weighted by Crippen LogP contribution is -2.11. The Morgan fingerprint density at radius 1 is 1.29 bits per heavy atom. The van der Waals surface area contributed by atoms with Gasteiger partial charge in [0.15, 0.2) is 5.16 Å². The van der Waals surface area contributed by atoms with Gasteiger partial charge in [-0.3, -0.25) is 4.79 Å². The van der Waals surface area contributed by atoms with Crippen LogP contribution >= 0.6 is 11.8 Å². The van der Waals surface area contributed by atoms with Gasteiger partial charge in [0.1, 0.15) is 5.82 Å². The van der Waals surface area contributed by atoms with Gasteiger partial charge in [0.25, 0.3) is 5.91 Å². The second-order valence-corrected chi connectivity index (χ2v) is 5.24. The molecule has 0 saturated carbocycles. The van der Waals surface area contributed by atoms with Crippen LogP contribution in [-0.4, -0.2) is 22.1 Å². The largest absolute Gasteiger partial charge is 0.333 e. The first-order valence-electron chi connectivity index (χ1n) is 6.26. The van der Waals surface area contributed by atoms with Gasteiger partial charge in [-0.05, 0) is 42.7 Å². The molecular formula is C15H12FN3OS. The van der Waals surface area contributed by atoms with Crippen LogP contribution in [0.15, 0.2) is 47.6 Å². The molecule has 21 heavy (non-hydrogen) atoms. The van der Waals surface area contributed by atoms with Gasteiger partial charge in [-0.15, -0.1) is 0 Å². The summed E-state index contributed by atoms with van der Waals surface area (Å²) >= 11 is 1.50. The molecule has 0 aliphatic carbocycles. The number of benzene rings is 2. The van der Waals surface area contributed by atoms with Gasteiger partial charge < -0.3 is 10.3 Å². The van der Waals surface area contributed by atoms with Crippen molar-refractivity contribution in [1.29, 1.82) is 0 Å². The molecule has 0 saturated heterocycles. The molecule has 3 rings (SSSR count). The Labute approximate surface area is 124 Å². The summed E-state index contributed by atoms with van der Waals surface area (Å²) < 4.78 is 13.1. The second kappa shape index (κ2) is 5.57. The fourth-order valence-electron chi connectivity index (χ4n) is 1.99. The van der Waals surface area contributed by atoms with Crippen LogP contribution in [0.5, 0.6) is 0 Å². The van der Waals surface area contributed by atoms with Crippen molar-refractivity contribution in [2.45, 2.75) is 5.16 Å². The molecule has 0 fully saturated rings. The fourth-order valence-corrected chi connectivity index (χ4v) is 2.39. The number of imidazole rings is 1. The highest BCUT2D eigenvalue weighted by Gasteiger charge is 2.09. The van der Waals surface area contributed by atoms with E-state index in [1.54, 1.807) is 24.3 Å². The van der Waals surface area contributed by atoms with E-state index in [9.17, 15) is 9.18 Å². The molecule has 0 unspecified atom stereocenters. The van der Waals surface area contributed by atoms with E-state index >= 15 is 0 Å². The van der Waals surface area contributed by atoms with E-state index in [1.165, 1.54) is 23.9 Å². The number of halogens is 1. The maximum atomic E-state index is 13.1. The standard InChI is InChI=1S/C15H12FN3OS/c1-21-15-18-12-6-5-9(7-13(12)19-15)14(20)17-11-4-2-3-10(16)8-11/h2-8H,1H3,(H,17,20)(H,18,19). The number of amides is 1. The molecule has 0 aliphatic heterocycles. The molecule has 3 aromatic rings. The Balaban J connectivity index is 1.87. The van der Waals surface area contributed by atoms with Crippen molar-refractivity contribution in [3.05, 3.63) is 53.8 Å². The topological polar surface area (TPSA) is 57.8 Å². The molecule has 2 N–H and O–H groups in total. The zero-order valence-electron chi connectivity index (χ0n) is 11.2. The van der Waals surface area contributed by atoms with Crippen LogP contribution < -0.4 is 5.32 Å². The van der Waals surface area contributed by atoms with Gasteiger partial charge in [0.2, 0.25) is 0 Å². The van der Waals surface area contributed by atoms with Crippen molar-refractivity contribution < 1.29 is 9.18 Å². The molecular weight excluding hydrogens is 289 g/mol. The van der Waals surface area contributed by atoms with Crippen LogP contribution in [0.25, 0.3) is 11.0 Å². The summed E-state index contributed by atoms with van der Waals surface area (Å²) in [5.74, 6) is -0.684. The summed E-state index contributed by atoms with van der Waals surface area (Å²) in [5, 5.41) is 3.46. The van der Waals surface area contributed by atoms with Crippen molar-refractivity contribution in [3.63, 3.8) is 0 Å². The van der Waals surface area contributed by atoms with Crippen LogP contribution in [0.2, 0.25) is 0 Å². The second-order valence-electron chi connectivity index (χ2n) is 4.44. The third-order valence-electron chi connectivity index (χ3n) is 3.00. The number of nitrogens with zero attached hydrogens (tertiary/aromatic N) is 1. The van der Waals surface area contributed by atoms with E-state index in [1.807, 2.05) is 12.3 Å². The average Bonchev–Trinajstić information content (AvgIpc) is 2.89. The summed E-state index contributed by atoms with van der Waals surface area (Å²) in [6.07, 6.45) is 1.93. The third kappa shape index (κ3) is 2.90. The van der Waals surface area contributed by atoms with Gasteiger partial charge >= 0.3 is 0 Å². The Bertz CT molecular complexity index is 816. The van der Waals surface area contributed by atoms with E-state index in [0.29, 0.717) is 11.3 Å². The predicted molar refractivity (Wildman–Crippen MR) is 82.2 cm³/mol. The fraction of sp³-hybridized carbons (Fsp3) is 0.0667. The number of nitrogens with one attached hydrogen (secondary N) is 2. The van der Waals surface area contributed by atoms with Crippen LogP contribution in [-0.2, 0) is 0 Å². The number of rotatable bonds is 3. The molecule has 0 spiro atoms. The zero-order valence-corrected chi connectivity index (χ0v) is 12.0. The van der Waals surface area contributed by atoms with Crippen LogP contribution in [0.1, 0.15) is 10.4 Å². The van der Waals surface area contributed by atoms with Gasteiger partial charge in [-0.2, -0.15) is 0 Å². The van der Waals surface area contributed by atoms with Gasteiger partial charge in [-0.25, -0.2) is 9.37 Å². The van der Waals surface area contributed by atoms with E-state index in [0.717, 1.165) is 16.2 Å². The number of anilines is 1. The number of H-pyrrole nitrogens is 1. The minimum Gasteiger partial charge on any atom is -0.333 e. The van der Waals surface area contributed by atoms with Gasteiger partial charge in [0.05, 0.1) is 11.0 Å². The molecule has 0 aliphatic rings.